The van der Waals surface area contributed by atoms with Crippen molar-refractivity contribution in [1.29, 1.82) is 0 Å². The van der Waals surface area contributed by atoms with Crippen molar-refractivity contribution in [2.24, 2.45) is 0 Å². The zero-order valence-electron chi connectivity index (χ0n) is 6.88. The van der Waals surface area contributed by atoms with E-state index in [0.29, 0.717) is 12.1 Å². The lowest BCUT2D eigenvalue weighted by atomic mass is 10.1. The van der Waals surface area contributed by atoms with Gasteiger partial charge in [0.25, 0.3) is 0 Å². The van der Waals surface area contributed by atoms with Crippen LogP contribution in [0.4, 0.5) is 26.3 Å². The lowest BCUT2D eigenvalue weighted by Crippen LogP contribution is -2.16. The highest BCUT2D eigenvalue weighted by atomic mass is 79.9. The van der Waals surface area contributed by atoms with Crippen molar-refractivity contribution in [3.05, 3.63) is 35.1 Å². The first-order valence-electron chi connectivity index (χ1n) is 3.58. The average Bonchev–Trinajstić information content (AvgIpc) is 2.10. The van der Waals surface area contributed by atoms with Gasteiger partial charge in [-0.05, 0) is 17.7 Å². The van der Waals surface area contributed by atoms with Crippen LogP contribution in [0.25, 0.3) is 0 Å². The van der Waals surface area contributed by atoms with Crippen LogP contribution in [-0.4, -0.2) is 6.18 Å². The molecule has 0 saturated heterocycles. The molecule has 15 heavy (non-hydrogen) atoms. The molecule has 84 valence electrons. The molecule has 0 aliphatic rings. The molecule has 7 heteroatoms. The van der Waals surface area contributed by atoms with E-state index in [1.54, 1.807) is 0 Å². The van der Waals surface area contributed by atoms with Gasteiger partial charge in [0.1, 0.15) is 4.83 Å². The van der Waals surface area contributed by atoms with E-state index in [-0.39, 0.29) is 0 Å². The summed E-state index contributed by atoms with van der Waals surface area (Å²) in [5.41, 5.74) is -0.723. The maximum Gasteiger partial charge on any atom is 0.405 e. The van der Waals surface area contributed by atoms with Gasteiger partial charge in [-0.25, -0.2) is 13.2 Å². The first-order valence-corrected chi connectivity index (χ1v) is 4.50. The molecular weight excluding hydrogens is 290 g/mol. The Labute approximate surface area is 89.0 Å². The lowest BCUT2D eigenvalue weighted by Gasteiger charge is -2.14. The topological polar surface area (TPSA) is 0 Å². The van der Waals surface area contributed by atoms with E-state index in [1.165, 1.54) is 0 Å². The first-order chi connectivity index (χ1) is 6.73. The van der Waals surface area contributed by atoms with Gasteiger partial charge in [-0.1, -0.05) is 15.9 Å². The maximum atomic E-state index is 12.6. The van der Waals surface area contributed by atoms with E-state index in [0.717, 1.165) is 0 Å². The Morgan fingerprint density at radius 3 is 1.73 bits per heavy atom. The van der Waals surface area contributed by atoms with Crippen LogP contribution in [0.3, 0.4) is 0 Å². The van der Waals surface area contributed by atoms with Crippen LogP contribution in [0.5, 0.6) is 0 Å². The van der Waals surface area contributed by atoms with E-state index < -0.39 is 34.0 Å². The summed E-state index contributed by atoms with van der Waals surface area (Å²) in [6.07, 6.45) is -4.70. The van der Waals surface area contributed by atoms with Gasteiger partial charge in [0.05, 0.1) is 0 Å². The van der Waals surface area contributed by atoms with E-state index in [1.807, 2.05) is 0 Å². The molecule has 0 bridgehead atoms. The molecule has 0 amide bonds. The van der Waals surface area contributed by atoms with Gasteiger partial charge in [0, 0.05) is 0 Å². The Morgan fingerprint density at radius 1 is 1.00 bits per heavy atom. The summed E-state index contributed by atoms with van der Waals surface area (Å²) in [6, 6.07) is 0.594. The van der Waals surface area contributed by atoms with Crippen molar-refractivity contribution < 1.29 is 26.3 Å². The number of hydrogen-bond acceptors (Lipinski definition) is 0. The number of hydrogen-bond donors (Lipinski definition) is 0. The Kier molecular flexibility index (Phi) is 3.32. The fraction of sp³-hybridized carbons (Fsp3) is 0.250. The van der Waals surface area contributed by atoms with Gasteiger partial charge in [-0.3, -0.25) is 0 Å². The van der Waals surface area contributed by atoms with Gasteiger partial charge in [-0.2, -0.15) is 13.2 Å². The summed E-state index contributed by atoms with van der Waals surface area (Å²) >= 11 is 2.22. The van der Waals surface area contributed by atoms with E-state index >= 15 is 0 Å². The van der Waals surface area contributed by atoms with Gasteiger partial charge in [0.2, 0.25) is 0 Å². The minimum atomic E-state index is -4.70. The minimum absolute atomic E-state index is 0.297. The van der Waals surface area contributed by atoms with Crippen molar-refractivity contribution >= 4 is 15.9 Å². The molecule has 0 heterocycles. The van der Waals surface area contributed by atoms with Crippen LogP contribution in [0, 0.1) is 17.5 Å². The van der Waals surface area contributed by atoms with Crippen LogP contribution >= 0.6 is 15.9 Å². The number of rotatable bonds is 1. The van der Waals surface area contributed by atoms with Crippen molar-refractivity contribution in [2.75, 3.05) is 0 Å². The van der Waals surface area contributed by atoms with Gasteiger partial charge in [0.15, 0.2) is 17.5 Å². The minimum Gasteiger partial charge on any atom is -0.204 e. The molecule has 0 unspecified atom stereocenters. The molecule has 0 aliphatic heterocycles. The molecule has 1 rings (SSSR count). The third-order valence-electron chi connectivity index (χ3n) is 1.59. The number of benzene rings is 1. The van der Waals surface area contributed by atoms with Crippen LogP contribution < -0.4 is 0 Å². The third kappa shape index (κ3) is 2.64. The standard InChI is InChI=1S/C8H3BrF6/c9-7(8(13,14)15)3-1-4(10)6(12)5(11)2-3/h1-2,7H/t7-/m0/s1. The lowest BCUT2D eigenvalue weighted by molar-refractivity contribution is -0.128. The van der Waals surface area contributed by atoms with Crippen molar-refractivity contribution in [3.8, 4) is 0 Å². The molecule has 0 radical (unpaired) electrons. The molecule has 0 spiro atoms. The monoisotopic (exact) mass is 292 g/mol. The van der Waals surface area contributed by atoms with Crippen LogP contribution in [-0.2, 0) is 0 Å². The fourth-order valence-electron chi connectivity index (χ4n) is 0.910. The largest absolute Gasteiger partial charge is 0.405 e. The fourth-order valence-corrected chi connectivity index (χ4v) is 1.17. The second-order valence-corrected chi connectivity index (χ2v) is 3.62. The highest BCUT2D eigenvalue weighted by Gasteiger charge is 2.39. The first kappa shape index (κ1) is 12.4. The number of alkyl halides is 4. The molecule has 0 nitrogen and oxygen atoms in total. The molecular formula is C8H3BrF6. The Morgan fingerprint density at radius 2 is 1.40 bits per heavy atom. The quantitative estimate of drug-likeness (QED) is 0.415. The molecule has 1 aromatic rings. The normalized spacial score (nSPS) is 14.1. The summed E-state index contributed by atoms with van der Waals surface area (Å²) in [4.78, 5) is -2.23. The van der Waals surface area contributed by atoms with Gasteiger partial charge < -0.3 is 0 Å². The summed E-state index contributed by atoms with van der Waals surface area (Å²) in [7, 11) is 0. The van der Waals surface area contributed by atoms with E-state index in [9.17, 15) is 26.3 Å². The highest BCUT2D eigenvalue weighted by Crippen LogP contribution is 2.40. The summed E-state index contributed by atoms with van der Waals surface area (Å²) in [6.45, 7) is 0. The Hall–Kier alpha value is -0.720. The van der Waals surface area contributed by atoms with E-state index in [2.05, 4.69) is 15.9 Å². The molecule has 0 aliphatic carbocycles. The summed E-state index contributed by atoms with van der Waals surface area (Å²) in [5.74, 6) is -5.10. The maximum absolute atomic E-state index is 12.6. The second kappa shape index (κ2) is 4.03. The molecule has 0 fully saturated rings. The van der Waals surface area contributed by atoms with Crippen molar-refractivity contribution in [3.63, 3.8) is 0 Å². The third-order valence-corrected chi connectivity index (χ3v) is 2.63. The van der Waals surface area contributed by atoms with Gasteiger partial charge in [-0.15, -0.1) is 0 Å². The molecule has 0 N–H and O–H groups in total. The molecule has 0 saturated carbocycles. The van der Waals surface area contributed by atoms with Crippen LogP contribution in [0.15, 0.2) is 12.1 Å². The zero-order chi connectivity index (χ0) is 11.8. The smallest absolute Gasteiger partial charge is 0.204 e. The SMILES string of the molecule is Fc1cc([C@H](Br)C(F)(F)F)cc(F)c1F. The van der Waals surface area contributed by atoms with E-state index in [4.69, 9.17) is 0 Å². The molecule has 1 aromatic carbocycles. The molecule has 1 atom stereocenters. The van der Waals surface area contributed by atoms with Crippen LogP contribution in [0.2, 0.25) is 0 Å². The predicted octanol–water partition coefficient (Wildman–Crippen LogP) is 4.10. The average molecular weight is 293 g/mol. The van der Waals surface area contributed by atoms with Crippen molar-refractivity contribution in [1.82, 2.24) is 0 Å². The Balaban J connectivity index is 3.17. The summed E-state index contributed by atoms with van der Waals surface area (Å²) < 4.78 is 73.9. The summed E-state index contributed by atoms with van der Waals surface area (Å²) in [5, 5.41) is 0. The van der Waals surface area contributed by atoms with Crippen molar-refractivity contribution in [2.45, 2.75) is 11.0 Å². The second-order valence-electron chi connectivity index (χ2n) is 2.70. The zero-order valence-corrected chi connectivity index (χ0v) is 8.46. The number of halogens is 7. The Bertz CT molecular complexity index is 349. The van der Waals surface area contributed by atoms with Gasteiger partial charge >= 0.3 is 6.18 Å². The van der Waals surface area contributed by atoms with Crippen LogP contribution in [0.1, 0.15) is 10.4 Å². The predicted molar refractivity (Wildman–Crippen MR) is 44.0 cm³/mol. The molecule has 0 aromatic heterocycles. The highest BCUT2D eigenvalue weighted by molar-refractivity contribution is 9.09.